The van der Waals surface area contributed by atoms with Crippen molar-refractivity contribution in [2.45, 2.75) is 13.8 Å². The van der Waals surface area contributed by atoms with Crippen LogP contribution in [0.3, 0.4) is 0 Å². The molecule has 1 saturated heterocycles. The molecule has 2 N–H and O–H groups in total. The van der Waals surface area contributed by atoms with Crippen molar-refractivity contribution in [1.29, 1.82) is 0 Å². The summed E-state index contributed by atoms with van der Waals surface area (Å²) in [4.78, 5) is 34.4. The summed E-state index contributed by atoms with van der Waals surface area (Å²) in [5.74, 6) is -0.926. The van der Waals surface area contributed by atoms with Crippen molar-refractivity contribution in [2.75, 3.05) is 6.61 Å². The van der Waals surface area contributed by atoms with E-state index in [2.05, 4.69) is 0 Å². The molecule has 23 heavy (non-hydrogen) atoms. The van der Waals surface area contributed by atoms with Gasteiger partial charge in [-0.3, -0.25) is 20.2 Å². The number of imide groups is 2. The van der Waals surface area contributed by atoms with E-state index in [1.807, 2.05) is 24.5 Å². The van der Waals surface area contributed by atoms with Crippen LogP contribution in [0.1, 0.15) is 19.4 Å². The summed E-state index contributed by atoms with van der Waals surface area (Å²) in [6.07, 6.45) is 1.29. The van der Waals surface area contributed by atoms with Gasteiger partial charge in [-0.05, 0) is 29.7 Å². The number of hydrogen-bond donors (Lipinski definition) is 2. The number of urea groups is 1. The minimum absolute atomic E-state index is 0.215. The first-order valence-corrected chi connectivity index (χ1v) is 7.53. The van der Waals surface area contributed by atoms with Crippen molar-refractivity contribution in [3.8, 4) is 5.75 Å². The number of benzene rings is 1. The molecular formula is C15H14Cl2N2O4. The Balaban J connectivity index is 2.31. The Morgan fingerprint density at radius 2 is 1.61 bits per heavy atom. The van der Waals surface area contributed by atoms with Gasteiger partial charge in [-0.15, -0.1) is 0 Å². The Morgan fingerprint density at radius 3 is 2.09 bits per heavy atom. The molecule has 6 nitrogen and oxygen atoms in total. The van der Waals surface area contributed by atoms with Crippen molar-refractivity contribution < 1.29 is 19.1 Å². The van der Waals surface area contributed by atoms with E-state index >= 15 is 0 Å². The zero-order valence-corrected chi connectivity index (χ0v) is 13.9. The zero-order chi connectivity index (χ0) is 17.1. The van der Waals surface area contributed by atoms with Crippen LogP contribution in [0.4, 0.5) is 4.79 Å². The minimum Gasteiger partial charge on any atom is -0.490 e. The number of nitrogens with one attached hydrogen (secondary N) is 2. The maximum absolute atomic E-state index is 11.7. The van der Waals surface area contributed by atoms with Gasteiger partial charge < -0.3 is 4.74 Å². The molecule has 1 aliphatic rings. The van der Waals surface area contributed by atoms with Crippen LogP contribution in [0.15, 0.2) is 17.7 Å². The zero-order valence-electron chi connectivity index (χ0n) is 12.4. The van der Waals surface area contributed by atoms with Gasteiger partial charge in [0.15, 0.2) is 5.75 Å². The van der Waals surface area contributed by atoms with Gasteiger partial charge in [-0.2, -0.15) is 0 Å². The van der Waals surface area contributed by atoms with E-state index in [0.717, 1.165) is 0 Å². The molecule has 1 fully saturated rings. The predicted octanol–water partition coefficient (Wildman–Crippen LogP) is 2.78. The standard InChI is InChI=1S/C15H14Cl2N2O4/c1-7(2)6-23-12-10(16)4-8(5-11(12)17)3-9-13(20)18-15(22)19-14(9)21/h3-5,7H,6H2,1-2H3,(H2,18,19,20,21,22). The molecule has 1 aromatic rings. The smallest absolute Gasteiger partial charge is 0.328 e. The van der Waals surface area contributed by atoms with E-state index < -0.39 is 17.8 Å². The van der Waals surface area contributed by atoms with Crippen molar-refractivity contribution in [2.24, 2.45) is 5.92 Å². The fourth-order valence-electron chi connectivity index (χ4n) is 1.82. The fraction of sp³-hybridized carbons (Fsp3) is 0.267. The monoisotopic (exact) mass is 356 g/mol. The summed E-state index contributed by atoms with van der Waals surface area (Å²) < 4.78 is 5.54. The number of carbonyl (C=O) groups is 3. The SMILES string of the molecule is CC(C)COc1c(Cl)cc(C=C2C(=O)NC(=O)NC2=O)cc1Cl. The third kappa shape index (κ3) is 4.24. The lowest BCUT2D eigenvalue weighted by atomic mass is 10.1. The first kappa shape index (κ1) is 17.3. The molecule has 0 bridgehead atoms. The summed E-state index contributed by atoms with van der Waals surface area (Å²) in [7, 11) is 0. The lowest BCUT2D eigenvalue weighted by Crippen LogP contribution is -2.51. The Bertz CT molecular complexity index is 668. The number of carbonyl (C=O) groups excluding carboxylic acids is 3. The van der Waals surface area contributed by atoms with Crippen molar-refractivity contribution in [3.05, 3.63) is 33.3 Å². The van der Waals surface area contributed by atoms with Gasteiger partial charge in [-0.1, -0.05) is 37.0 Å². The molecule has 0 atom stereocenters. The Labute approximate surface area is 142 Å². The summed E-state index contributed by atoms with van der Waals surface area (Å²) in [6, 6.07) is 2.19. The number of barbiturate groups is 1. The average Bonchev–Trinajstić information content (AvgIpc) is 2.41. The van der Waals surface area contributed by atoms with E-state index in [9.17, 15) is 14.4 Å². The third-order valence-electron chi connectivity index (χ3n) is 2.84. The molecule has 0 unspecified atom stereocenters. The molecule has 4 amide bonds. The number of amides is 4. The predicted molar refractivity (Wildman–Crippen MR) is 86.5 cm³/mol. The number of ether oxygens (including phenoxy) is 1. The van der Waals surface area contributed by atoms with Crippen LogP contribution in [0, 0.1) is 5.92 Å². The molecule has 0 aliphatic carbocycles. The second-order valence-corrected chi connectivity index (χ2v) is 6.13. The second kappa shape index (κ2) is 7.02. The third-order valence-corrected chi connectivity index (χ3v) is 3.40. The Hall–Kier alpha value is -2.05. The van der Waals surface area contributed by atoms with Crippen LogP contribution in [0.25, 0.3) is 6.08 Å². The van der Waals surface area contributed by atoms with Crippen molar-refractivity contribution in [1.82, 2.24) is 10.6 Å². The van der Waals surface area contributed by atoms with Gasteiger partial charge in [0.05, 0.1) is 16.7 Å². The summed E-state index contributed by atoms with van der Waals surface area (Å²) in [6.45, 7) is 4.43. The molecule has 8 heteroatoms. The van der Waals surface area contributed by atoms with E-state index in [0.29, 0.717) is 23.8 Å². The van der Waals surface area contributed by atoms with Crippen LogP contribution in [0.2, 0.25) is 10.0 Å². The molecule has 0 aromatic heterocycles. The van der Waals surface area contributed by atoms with Gasteiger partial charge >= 0.3 is 6.03 Å². The lowest BCUT2D eigenvalue weighted by molar-refractivity contribution is -0.123. The van der Waals surface area contributed by atoms with Crippen molar-refractivity contribution >= 4 is 47.1 Å². The highest BCUT2D eigenvalue weighted by atomic mass is 35.5. The lowest BCUT2D eigenvalue weighted by Gasteiger charge is -2.15. The van der Waals surface area contributed by atoms with Gasteiger partial charge in [0.2, 0.25) is 0 Å². The highest BCUT2D eigenvalue weighted by Crippen LogP contribution is 2.35. The van der Waals surface area contributed by atoms with E-state index in [1.54, 1.807) is 0 Å². The topological polar surface area (TPSA) is 84.5 Å². The highest BCUT2D eigenvalue weighted by molar-refractivity contribution is 6.37. The molecule has 0 spiro atoms. The number of rotatable bonds is 4. The van der Waals surface area contributed by atoms with E-state index in [4.69, 9.17) is 27.9 Å². The average molecular weight is 357 g/mol. The molecular weight excluding hydrogens is 343 g/mol. The Kier molecular flexibility index (Phi) is 5.28. The molecule has 1 aliphatic heterocycles. The molecule has 1 aromatic carbocycles. The second-order valence-electron chi connectivity index (χ2n) is 5.31. The Morgan fingerprint density at radius 1 is 1.09 bits per heavy atom. The molecule has 2 rings (SSSR count). The van der Waals surface area contributed by atoms with Gasteiger partial charge in [0, 0.05) is 0 Å². The molecule has 0 saturated carbocycles. The van der Waals surface area contributed by atoms with Gasteiger partial charge in [-0.25, -0.2) is 4.79 Å². The molecule has 0 radical (unpaired) electrons. The van der Waals surface area contributed by atoms with Crippen LogP contribution in [-0.2, 0) is 9.59 Å². The quantitative estimate of drug-likeness (QED) is 0.641. The summed E-state index contributed by atoms with van der Waals surface area (Å²) >= 11 is 12.3. The largest absolute Gasteiger partial charge is 0.490 e. The molecule has 1 heterocycles. The summed E-state index contributed by atoms with van der Waals surface area (Å²) in [5, 5.41) is 4.49. The van der Waals surface area contributed by atoms with Gasteiger partial charge in [0.1, 0.15) is 5.57 Å². The van der Waals surface area contributed by atoms with Crippen LogP contribution >= 0.6 is 23.2 Å². The maximum atomic E-state index is 11.7. The van der Waals surface area contributed by atoms with Crippen LogP contribution in [-0.4, -0.2) is 24.5 Å². The minimum atomic E-state index is -0.856. The van der Waals surface area contributed by atoms with Crippen LogP contribution in [0.5, 0.6) is 5.75 Å². The van der Waals surface area contributed by atoms with Crippen LogP contribution < -0.4 is 15.4 Å². The first-order chi connectivity index (χ1) is 10.8. The van der Waals surface area contributed by atoms with Crippen molar-refractivity contribution in [3.63, 3.8) is 0 Å². The number of halogens is 2. The number of hydrogen-bond acceptors (Lipinski definition) is 4. The highest BCUT2D eigenvalue weighted by Gasteiger charge is 2.27. The van der Waals surface area contributed by atoms with E-state index in [1.165, 1.54) is 18.2 Å². The maximum Gasteiger partial charge on any atom is 0.328 e. The first-order valence-electron chi connectivity index (χ1n) is 6.78. The fourth-order valence-corrected chi connectivity index (χ4v) is 2.44. The summed E-state index contributed by atoms with van der Waals surface area (Å²) in [5.41, 5.74) is 0.221. The molecule has 122 valence electrons. The van der Waals surface area contributed by atoms with E-state index in [-0.39, 0.29) is 15.6 Å². The van der Waals surface area contributed by atoms with Gasteiger partial charge in [0.25, 0.3) is 11.8 Å². The normalized spacial score (nSPS) is 14.7.